The van der Waals surface area contributed by atoms with Gasteiger partial charge >= 0.3 is 5.97 Å². The zero-order valence-corrected chi connectivity index (χ0v) is 9.30. The Morgan fingerprint density at radius 2 is 2.35 bits per heavy atom. The third-order valence-corrected chi connectivity index (χ3v) is 2.65. The monoisotopic (exact) mass is 229 g/mol. The lowest BCUT2D eigenvalue weighted by Gasteiger charge is -2.09. The largest absolute Gasteiger partial charge is 0.461 e. The van der Waals surface area contributed by atoms with Gasteiger partial charge in [-0.2, -0.15) is 0 Å². The van der Waals surface area contributed by atoms with Gasteiger partial charge in [0.2, 0.25) is 0 Å². The highest BCUT2D eigenvalue weighted by Crippen LogP contribution is 2.26. The van der Waals surface area contributed by atoms with Gasteiger partial charge in [0.15, 0.2) is 11.3 Å². The van der Waals surface area contributed by atoms with Crippen molar-refractivity contribution in [2.45, 2.75) is 6.92 Å². The van der Waals surface area contributed by atoms with E-state index in [1.807, 2.05) is 28.8 Å². The second kappa shape index (κ2) is 3.62. The van der Waals surface area contributed by atoms with E-state index in [1.54, 1.807) is 13.1 Å². The van der Waals surface area contributed by atoms with Gasteiger partial charge in [0.05, 0.1) is 12.3 Å². The molecule has 0 bridgehead atoms. The zero-order valence-electron chi connectivity index (χ0n) is 9.30. The lowest BCUT2D eigenvalue weighted by molar-refractivity contribution is 0.0520. The first-order valence-corrected chi connectivity index (χ1v) is 5.43. The number of carbonyl (C=O) groups excluding carboxylic acids is 1. The van der Waals surface area contributed by atoms with E-state index in [0.717, 1.165) is 11.3 Å². The highest BCUT2D eigenvalue weighted by Gasteiger charge is 2.20. The van der Waals surface area contributed by atoms with Gasteiger partial charge in [0, 0.05) is 17.8 Å². The first kappa shape index (κ1) is 9.89. The van der Waals surface area contributed by atoms with Gasteiger partial charge < -0.3 is 4.74 Å². The number of fused-ring (bicyclic) bond motifs is 3. The molecule has 2 heterocycles. The maximum absolute atomic E-state index is 11.8. The summed E-state index contributed by atoms with van der Waals surface area (Å²) in [4.78, 5) is 16.1. The topological polar surface area (TPSA) is 59.4 Å². The standard InChI is InChI=1S/C12H11N3O2/c1-2-17-12(16)11-8-4-3-5-9(8)15-10(14-11)6-7-13-15/h3-7,13H,2H2,1H3. The fraction of sp³-hybridized carbons (Fsp3) is 0.167. The second-order valence-electron chi connectivity index (χ2n) is 3.66. The Balaban J connectivity index is 2.28. The number of hydrogen-bond donors (Lipinski definition) is 1. The minimum atomic E-state index is -0.382. The molecule has 17 heavy (non-hydrogen) atoms. The van der Waals surface area contributed by atoms with Crippen molar-refractivity contribution in [1.29, 1.82) is 0 Å². The number of nitrogens with one attached hydrogen (secondary N) is 1. The van der Waals surface area contributed by atoms with E-state index in [1.165, 1.54) is 0 Å². The molecule has 0 saturated carbocycles. The summed E-state index contributed by atoms with van der Waals surface area (Å²) in [5.74, 6) is -0.382. The summed E-state index contributed by atoms with van der Waals surface area (Å²) < 4.78 is 6.84. The van der Waals surface area contributed by atoms with Gasteiger partial charge in [-0.3, -0.25) is 5.10 Å². The SMILES string of the molecule is CCOC(=O)c1nc2cc[nH]n2c2cccc1-2. The van der Waals surface area contributed by atoms with Crippen LogP contribution < -0.4 is 0 Å². The molecular formula is C12H11N3O2. The Morgan fingerprint density at radius 3 is 3.18 bits per heavy atom. The fourth-order valence-corrected chi connectivity index (χ4v) is 1.94. The summed E-state index contributed by atoms with van der Waals surface area (Å²) in [6.07, 6.45) is 1.78. The Labute approximate surface area is 97.4 Å². The van der Waals surface area contributed by atoms with E-state index in [9.17, 15) is 4.79 Å². The van der Waals surface area contributed by atoms with Crippen LogP contribution in [0.4, 0.5) is 0 Å². The first-order valence-electron chi connectivity index (χ1n) is 5.43. The average Bonchev–Trinajstić information content (AvgIpc) is 2.95. The van der Waals surface area contributed by atoms with Gasteiger partial charge in [-0.05, 0) is 13.0 Å². The minimum Gasteiger partial charge on any atom is -0.461 e. The molecule has 86 valence electrons. The van der Waals surface area contributed by atoms with E-state index >= 15 is 0 Å². The zero-order chi connectivity index (χ0) is 11.8. The molecule has 1 aromatic rings. The molecule has 5 heteroatoms. The van der Waals surface area contributed by atoms with E-state index < -0.39 is 0 Å². The molecule has 0 atom stereocenters. The number of ether oxygens (including phenoxy) is 1. The maximum Gasteiger partial charge on any atom is 0.357 e. The lowest BCUT2D eigenvalue weighted by atomic mass is 10.2. The van der Waals surface area contributed by atoms with E-state index in [0.29, 0.717) is 17.9 Å². The summed E-state index contributed by atoms with van der Waals surface area (Å²) in [5.41, 5.74) is 2.78. The molecule has 0 aromatic carbocycles. The molecule has 0 radical (unpaired) electrons. The summed E-state index contributed by atoms with van der Waals surface area (Å²) in [6, 6.07) is 7.50. The number of carbonyl (C=O) groups is 1. The van der Waals surface area contributed by atoms with Crippen LogP contribution in [-0.2, 0) is 4.74 Å². The molecule has 5 nitrogen and oxygen atoms in total. The molecule has 1 aliphatic carbocycles. The molecule has 0 unspecified atom stereocenters. The summed E-state index contributed by atoms with van der Waals surface area (Å²) in [6.45, 7) is 2.13. The molecule has 1 N–H and O–H groups in total. The minimum absolute atomic E-state index is 0.348. The van der Waals surface area contributed by atoms with Gasteiger partial charge in [0.25, 0.3) is 0 Å². The highest BCUT2D eigenvalue weighted by atomic mass is 16.5. The van der Waals surface area contributed by atoms with Crippen molar-refractivity contribution in [3.63, 3.8) is 0 Å². The van der Waals surface area contributed by atoms with E-state index in [-0.39, 0.29) is 5.97 Å². The molecule has 0 saturated heterocycles. The van der Waals surface area contributed by atoms with Crippen LogP contribution in [0, 0.1) is 0 Å². The number of hydrogen-bond acceptors (Lipinski definition) is 3. The number of esters is 1. The van der Waals surface area contributed by atoms with Gasteiger partial charge in [0.1, 0.15) is 0 Å². The third kappa shape index (κ3) is 1.39. The fourth-order valence-electron chi connectivity index (χ4n) is 1.94. The third-order valence-electron chi connectivity index (χ3n) is 2.65. The quantitative estimate of drug-likeness (QED) is 0.683. The van der Waals surface area contributed by atoms with E-state index in [2.05, 4.69) is 10.1 Å². The molecular weight excluding hydrogens is 218 g/mol. The predicted octanol–water partition coefficient (Wildman–Crippen LogP) is 1.94. The van der Waals surface area contributed by atoms with Crippen molar-refractivity contribution >= 4 is 11.6 Å². The molecule has 1 aliphatic heterocycles. The van der Waals surface area contributed by atoms with Crippen LogP contribution in [0.25, 0.3) is 16.9 Å². The van der Waals surface area contributed by atoms with Gasteiger partial charge in [-0.1, -0.05) is 12.1 Å². The number of H-pyrrole nitrogens is 1. The maximum atomic E-state index is 11.8. The Kier molecular flexibility index (Phi) is 2.11. The molecule has 0 fully saturated rings. The van der Waals surface area contributed by atoms with Crippen LogP contribution in [-0.4, -0.2) is 27.2 Å². The van der Waals surface area contributed by atoms with Crippen LogP contribution in [0.1, 0.15) is 17.4 Å². The average molecular weight is 229 g/mol. The van der Waals surface area contributed by atoms with Crippen LogP contribution >= 0.6 is 0 Å². The van der Waals surface area contributed by atoms with Crippen molar-refractivity contribution in [2.75, 3.05) is 6.61 Å². The van der Waals surface area contributed by atoms with Crippen molar-refractivity contribution in [1.82, 2.24) is 14.6 Å². The number of aromatic nitrogens is 3. The summed E-state index contributed by atoms with van der Waals surface area (Å²) in [7, 11) is 0. The van der Waals surface area contributed by atoms with Crippen LogP contribution in [0.3, 0.4) is 0 Å². The summed E-state index contributed by atoms with van der Waals surface area (Å²) in [5, 5.41) is 3.05. The molecule has 0 amide bonds. The number of nitrogens with zero attached hydrogens (tertiary/aromatic N) is 2. The number of rotatable bonds is 2. The normalized spacial score (nSPS) is 11.1. The Bertz CT molecular complexity index is 653. The van der Waals surface area contributed by atoms with Crippen molar-refractivity contribution in [2.24, 2.45) is 0 Å². The molecule has 2 aliphatic rings. The van der Waals surface area contributed by atoms with Crippen LogP contribution in [0.2, 0.25) is 0 Å². The lowest BCUT2D eigenvalue weighted by Crippen LogP contribution is -2.11. The first-order chi connectivity index (χ1) is 8.31. The Hall–Kier alpha value is -2.30. The van der Waals surface area contributed by atoms with Crippen LogP contribution in [0.15, 0.2) is 30.5 Å². The van der Waals surface area contributed by atoms with Crippen molar-refractivity contribution in [3.8, 4) is 11.3 Å². The highest BCUT2D eigenvalue weighted by molar-refractivity contribution is 5.96. The second-order valence-corrected chi connectivity index (χ2v) is 3.66. The smallest absolute Gasteiger partial charge is 0.357 e. The van der Waals surface area contributed by atoms with Crippen molar-refractivity contribution in [3.05, 3.63) is 36.2 Å². The predicted molar refractivity (Wildman–Crippen MR) is 62.1 cm³/mol. The van der Waals surface area contributed by atoms with Crippen LogP contribution in [0.5, 0.6) is 0 Å². The van der Waals surface area contributed by atoms with Gasteiger partial charge in [-0.25, -0.2) is 14.3 Å². The number of aromatic amines is 1. The van der Waals surface area contributed by atoms with Gasteiger partial charge in [-0.15, -0.1) is 0 Å². The Morgan fingerprint density at radius 1 is 1.47 bits per heavy atom. The molecule has 1 aromatic heterocycles. The van der Waals surface area contributed by atoms with E-state index in [4.69, 9.17) is 4.74 Å². The molecule has 3 rings (SSSR count). The molecule has 0 spiro atoms. The summed E-state index contributed by atoms with van der Waals surface area (Å²) >= 11 is 0. The van der Waals surface area contributed by atoms with Crippen molar-refractivity contribution < 1.29 is 9.53 Å².